The summed E-state index contributed by atoms with van der Waals surface area (Å²) in [7, 11) is 0. The molecule has 2 aliphatic heterocycles. The summed E-state index contributed by atoms with van der Waals surface area (Å²) in [5, 5.41) is 20.8. The molecule has 0 bridgehead atoms. The topological polar surface area (TPSA) is 319 Å². The quantitative estimate of drug-likeness (QED) is 0.0306. The first-order valence-corrected chi connectivity index (χ1v) is 25.0. The highest BCUT2D eigenvalue weighted by Gasteiger charge is 2.45. The van der Waals surface area contributed by atoms with E-state index < -0.39 is 65.6 Å². The van der Waals surface area contributed by atoms with Crippen molar-refractivity contribution in [2.75, 3.05) is 71.3 Å². The highest BCUT2D eigenvalue weighted by atomic mass is 35.5. The molecule has 2 aromatic carbocycles. The Balaban J connectivity index is 1.30. The number of ketones is 1. The van der Waals surface area contributed by atoms with E-state index >= 15 is 0 Å². The number of rotatable bonds is 31. The molecule has 2 heterocycles. The van der Waals surface area contributed by atoms with Crippen LogP contribution >= 0.6 is 11.6 Å². The van der Waals surface area contributed by atoms with Crippen LogP contribution in [0.15, 0.2) is 53.9 Å². The summed E-state index contributed by atoms with van der Waals surface area (Å²) in [6, 6.07) is 10.8. The number of imide groups is 1. The predicted octanol–water partition coefficient (Wildman–Crippen LogP) is 4.16. The number of nitrogens with zero attached hydrogens (tertiary/aromatic N) is 2. The third-order valence-electron chi connectivity index (χ3n) is 11.7. The van der Waals surface area contributed by atoms with E-state index in [1.54, 1.807) is 58.9 Å². The number of nitrogens with one attached hydrogen (secondary N) is 4. The molecule has 6 N–H and O–H groups in total. The van der Waals surface area contributed by atoms with Crippen molar-refractivity contribution in [3.05, 3.63) is 70.1 Å². The monoisotopic (exact) mass is 1070 g/mol. The lowest BCUT2D eigenvalue weighted by molar-refractivity contribution is -0.147. The van der Waals surface area contributed by atoms with Crippen molar-refractivity contribution in [3.8, 4) is 11.8 Å². The number of ether oxygens (including phenoxy) is 7. The fourth-order valence-corrected chi connectivity index (χ4v) is 8.13. The Labute approximate surface area is 439 Å². The average molecular weight is 1070 g/mol. The Kier molecular flexibility index (Phi) is 24.9. The Bertz CT molecular complexity index is 2430. The first-order valence-electron chi connectivity index (χ1n) is 24.6. The van der Waals surface area contributed by atoms with Crippen molar-refractivity contribution >= 4 is 70.8 Å². The lowest BCUT2D eigenvalue weighted by atomic mass is 9.79. The molecule has 2 aromatic rings. The molecule has 0 spiro atoms. The van der Waals surface area contributed by atoms with Crippen molar-refractivity contribution in [1.82, 2.24) is 20.9 Å². The number of hydrogen-bond acceptors (Lipinski definition) is 17. The molecule has 0 aliphatic carbocycles. The maximum atomic E-state index is 13.7. The number of anilines is 1. The van der Waals surface area contributed by atoms with E-state index in [4.69, 9.17) is 50.5 Å². The summed E-state index contributed by atoms with van der Waals surface area (Å²) >= 11 is 6.27. The molecule has 75 heavy (non-hydrogen) atoms. The second-order valence-corrected chi connectivity index (χ2v) is 18.1. The van der Waals surface area contributed by atoms with Crippen molar-refractivity contribution in [1.29, 1.82) is 5.26 Å². The summed E-state index contributed by atoms with van der Waals surface area (Å²) in [6.07, 6.45) is -0.665. The van der Waals surface area contributed by atoms with Gasteiger partial charge in [0.1, 0.15) is 17.9 Å². The number of amides is 7. The third-order valence-corrected chi connectivity index (χ3v) is 11.9. The number of benzene rings is 2. The Morgan fingerprint density at radius 3 is 2.17 bits per heavy atom. The number of hydrogen-bond donors (Lipinski definition) is 5. The number of alkyl carbamates (subject to hydrolysis) is 1. The number of fused-ring (bicyclic) bond motifs is 1. The zero-order valence-electron chi connectivity index (χ0n) is 42.7. The molecule has 24 heteroatoms. The summed E-state index contributed by atoms with van der Waals surface area (Å²) in [5.41, 5.74) is 5.88. The predicted molar refractivity (Wildman–Crippen MR) is 267 cm³/mol. The molecule has 2 aliphatic rings. The smallest absolute Gasteiger partial charge is 0.414 e. The van der Waals surface area contributed by atoms with E-state index in [9.17, 15) is 48.4 Å². The summed E-state index contributed by atoms with van der Waals surface area (Å²) < 4.78 is 38.2. The van der Waals surface area contributed by atoms with E-state index in [0.717, 1.165) is 0 Å². The van der Waals surface area contributed by atoms with Crippen molar-refractivity contribution in [2.45, 2.75) is 85.3 Å². The van der Waals surface area contributed by atoms with Gasteiger partial charge in [0, 0.05) is 53.9 Å². The lowest BCUT2D eigenvalue weighted by Gasteiger charge is -2.31. The number of halogens is 1. The van der Waals surface area contributed by atoms with Crippen LogP contribution in [-0.4, -0.2) is 130 Å². The molecule has 1 fully saturated rings. The van der Waals surface area contributed by atoms with E-state index in [-0.39, 0.29) is 150 Å². The zero-order valence-corrected chi connectivity index (χ0v) is 43.5. The van der Waals surface area contributed by atoms with E-state index in [1.165, 1.54) is 23.1 Å². The van der Waals surface area contributed by atoms with Gasteiger partial charge in [-0.1, -0.05) is 44.5 Å². The van der Waals surface area contributed by atoms with E-state index in [0.29, 0.717) is 17.7 Å². The summed E-state index contributed by atoms with van der Waals surface area (Å²) in [6.45, 7) is 9.43. The fraction of sp³-hybridized carbons (Fsp3) is 0.529. The Hall–Kier alpha value is -7.13. The second kappa shape index (κ2) is 30.9. The minimum absolute atomic E-state index is 0.0444. The maximum absolute atomic E-state index is 13.7. The van der Waals surface area contributed by atoms with Gasteiger partial charge in [0.25, 0.3) is 0 Å². The number of carbonyl (C=O) groups excluding carboxylic acids is 9. The molecule has 3 unspecified atom stereocenters. The van der Waals surface area contributed by atoms with Gasteiger partial charge in [-0.05, 0) is 68.5 Å². The highest BCUT2D eigenvalue weighted by Crippen LogP contribution is 2.45. The van der Waals surface area contributed by atoms with Crippen LogP contribution in [0.25, 0.3) is 0 Å². The molecular weight excluding hydrogens is 1000 g/mol. The van der Waals surface area contributed by atoms with Crippen LogP contribution in [0.3, 0.4) is 0 Å². The van der Waals surface area contributed by atoms with Gasteiger partial charge in [-0.2, -0.15) is 5.26 Å². The fourth-order valence-electron chi connectivity index (χ4n) is 7.95. The summed E-state index contributed by atoms with van der Waals surface area (Å²) in [4.78, 5) is 116. The maximum Gasteiger partial charge on any atom is 0.414 e. The third kappa shape index (κ3) is 18.9. The van der Waals surface area contributed by atoms with Crippen LogP contribution in [-0.2, 0) is 68.6 Å². The number of esters is 2. The van der Waals surface area contributed by atoms with Gasteiger partial charge in [0.15, 0.2) is 11.7 Å². The molecule has 1 saturated heterocycles. The molecule has 0 aromatic heterocycles. The van der Waals surface area contributed by atoms with Crippen molar-refractivity contribution in [3.63, 3.8) is 0 Å². The average Bonchev–Trinajstić information content (AvgIpc) is 3.61. The minimum Gasteiger partial charge on any atom is -0.465 e. The molecule has 5 atom stereocenters. The highest BCUT2D eigenvalue weighted by molar-refractivity contribution is 6.30. The van der Waals surface area contributed by atoms with Crippen LogP contribution in [0.5, 0.6) is 5.75 Å². The van der Waals surface area contributed by atoms with Crippen molar-refractivity contribution < 1.29 is 76.3 Å². The molecule has 0 radical (unpaired) electrons. The molecule has 7 amide bonds. The minimum atomic E-state index is -1.57. The lowest BCUT2D eigenvalue weighted by Crippen LogP contribution is -2.45. The standard InChI is InChI=1S/C51H66ClN7O16/c1-6-72-48(65)37(28-53)42-36-27-34(52)12-15-39(36)75-46(43(42)49(66)73-7-2)58-51(68)74-29-32-10-13-35(14-11-32)56-45(63)33(9-8-17-55-50(54)67)26-38(60)44(30(3)4)57-40(61)16-19-69-21-23-71-24-22-70-20-18-59-41(62)25-31(5)47(59)64/h10-15,27,30-31,33,37,42,44H,6-9,16-26,29H2,1-5H3,(H,56,63)(H,57,61)(H,58,68)(H3,54,55,67)/t31?,33-,37?,42?,44+/m1/s1. The number of likely N-dealkylation sites (tertiary alicyclic amines) is 1. The Morgan fingerprint density at radius 1 is 0.893 bits per heavy atom. The normalized spacial score (nSPS) is 16.2. The first kappa shape index (κ1) is 60.4. The Morgan fingerprint density at radius 2 is 1.56 bits per heavy atom. The van der Waals surface area contributed by atoms with Crippen LogP contribution in [0, 0.1) is 35.0 Å². The number of primary amides is 1. The number of nitrogens with two attached hydrogens (primary N) is 1. The van der Waals surface area contributed by atoms with Gasteiger partial charge in [-0.15, -0.1) is 0 Å². The number of Topliss-reactive ketones (excluding diaryl/α,β-unsaturated/α-hetero) is 1. The molecule has 408 valence electrons. The zero-order chi connectivity index (χ0) is 55.0. The number of urea groups is 1. The van der Waals surface area contributed by atoms with Gasteiger partial charge >= 0.3 is 24.1 Å². The van der Waals surface area contributed by atoms with Gasteiger partial charge < -0.3 is 54.8 Å². The van der Waals surface area contributed by atoms with Crippen LogP contribution in [0.4, 0.5) is 15.3 Å². The summed E-state index contributed by atoms with van der Waals surface area (Å²) in [5.74, 6) is -8.38. The molecule has 23 nitrogen and oxygen atoms in total. The van der Waals surface area contributed by atoms with Crippen LogP contribution in [0.2, 0.25) is 5.02 Å². The molecular formula is C51H66ClN7O16. The van der Waals surface area contributed by atoms with E-state index in [1.807, 2.05) is 6.07 Å². The van der Waals surface area contributed by atoms with Gasteiger partial charge in [-0.25, -0.2) is 14.4 Å². The van der Waals surface area contributed by atoms with Gasteiger partial charge in [0.05, 0.1) is 77.4 Å². The van der Waals surface area contributed by atoms with E-state index in [2.05, 4.69) is 21.3 Å². The number of nitriles is 1. The van der Waals surface area contributed by atoms with Crippen LogP contribution < -0.4 is 31.7 Å². The van der Waals surface area contributed by atoms with Gasteiger partial charge in [0.2, 0.25) is 29.5 Å². The van der Waals surface area contributed by atoms with Crippen LogP contribution in [0.1, 0.15) is 83.8 Å². The van der Waals surface area contributed by atoms with Crippen molar-refractivity contribution in [2.24, 2.45) is 29.4 Å². The largest absolute Gasteiger partial charge is 0.465 e. The van der Waals surface area contributed by atoms with Gasteiger partial charge in [-0.3, -0.25) is 39.0 Å². The first-order chi connectivity index (χ1) is 35.9. The molecule has 0 saturated carbocycles. The number of carbonyl (C=O) groups is 9. The second-order valence-electron chi connectivity index (χ2n) is 17.6. The SMILES string of the molecule is CCOC(=O)C1=C(NC(=O)OCc2ccc(NC(=O)[C@H](CCCNC(N)=O)CC(=O)[C@@H](NC(=O)CCOCCOCCOCCN3C(=O)CC(C)C3=O)C(C)C)cc2)Oc2ccc(Cl)cc2C1C(C#N)C(=O)OCC. The molecule has 4 rings (SSSR count).